The summed E-state index contributed by atoms with van der Waals surface area (Å²) < 4.78 is 69.0. The van der Waals surface area contributed by atoms with Gasteiger partial charge < -0.3 is 33.8 Å². The van der Waals surface area contributed by atoms with E-state index >= 15 is 0 Å². The summed E-state index contributed by atoms with van der Waals surface area (Å²) >= 11 is 0. The molecule has 636 valence electrons. The number of ether oxygens (including phenoxy) is 4. The molecular weight excluding hydrogens is 1390 g/mol. The highest BCUT2D eigenvalue weighted by molar-refractivity contribution is 7.47. The normalized spacial score (nSPS) is 13.8. The van der Waals surface area contributed by atoms with Crippen molar-refractivity contribution in [1.29, 1.82) is 0 Å². The summed E-state index contributed by atoms with van der Waals surface area (Å²) in [6.07, 6.45) is 72.2. The maximum absolute atomic E-state index is 13.2. The molecule has 107 heavy (non-hydrogen) atoms. The molecular formula is C88H172O17P2. The SMILES string of the molecule is CCCCCCCCCCCCCCCCCCCCCCCCC(=O)O[C@H](COC(=O)CCCCCCCCCCCCCCCCC(C)C)COP(=O)(O)OC[C@@H](O)COP(=O)(O)OC[C@@H](COC(=O)CCCCCCCCCCCCCC)OC(=O)CCCCCCCCCCCCCCCC(C)C. The molecule has 0 aromatic rings. The van der Waals surface area contributed by atoms with Crippen molar-refractivity contribution < 1.29 is 80.2 Å². The molecule has 17 nitrogen and oxygen atoms in total. The highest BCUT2D eigenvalue weighted by Gasteiger charge is 2.30. The van der Waals surface area contributed by atoms with Gasteiger partial charge in [0, 0.05) is 25.7 Å². The molecule has 0 spiro atoms. The summed E-state index contributed by atoms with van der Waals surface area (Å²) in [6.45, 7) is 9.72. The van der Waals surface area contributed by atoms with Crippen molar-refractivity contribution in [2.75, 3.05) is 39.6 Å². The minimum Gasteiger partial charge on any atom is -0.462 e. The summed E-state index contributed by atoms with van der Waals surface area (Å²) in [7, 11) is -9.93. The standard InChI is InChI=1S/C88H172O17P2/c1-7-9-11-13-15-17-19-21-22-23-24-25-26-27-28-29-36-42-48-54-60-66-72-87(92)104-84(77-99-86(91)71-65-59-53-47-41-35-31-30-33-38-44-50-56-62-68-80(3)4)79-103-107(96,97)101-75-82(89)74-100-106(94,95)102-78-83(76-98-85(90)70-64-58-52-46-40-20-18-16-14-12-10-8-2)105-88(93)73-67-61-55-49-43-37-32-34-39-45-51-57-63-69-81(5)6/h80-84,89H,7-79H2,1-6H3,(H,94,95)(H,96,97)/t82-,83+,84+/m0/s1. The van der Waals surface area contributed by atoms with Crippen LogP contribution in [0, 0.1) is 11.8 Å². The predicted octanol–water partition coefficient (Wildman–Crippen LogP) is 27.0. The van der Waals surface area contributed by atoms with E-state index < -0.39 is 97.5 Å². The molecule has 0 fully saturated rings. The molecule has 2 unspecified atom stereocenters. The molecule has 0 heterocycles. The maximum Gasteiger partial charge on any atom is 0.472 e. The Bertz CT molecular complexity index is 2050. The van der Waals surface area contributed by atoms with Crippen LogP contribution < -0.4 is 0 Å². The predicted molar refractivity (Wildman–Crippen MR) is 442 cm³/mol. The third-order valence-corrected chi connectivity index (χ3v) is 22.6. The Kier molecular flexibility index (Phi) is 77.9. The third-order valence-electron chi connectivity index (χ3n) is 20.7. The fraction of sp³-hybridized carbons (Fsp3) is 0.955. The minimum absolute atomic E-state index is 0.108. The number of hydrogen-bond donors (Lipinski definition) is 3. The Labute approximate surface area is 658 Å². The molecule has 5 atom stereocenters. The van der Waals surface area contributed by atoms with Gasteiger partial charge in [0.2, 0.25) is 0 Å². The Morgan fingerprint density at radius 2 is 0.430 bits per heavy atom. The summed E-state index contributed by atoms with van der Waals surface area (Å²) in [5.74, 6) is -0.513. The lowest BCUT2D eigenvalue weighted by molar-refractivity contribution is -0.161. The quantitative estimate of drug-likeness (QED) is 0.0222. The van der Waals surface area contributed by atoms with E-state index in [1.807, 2.05) is 0 Å². The number of aliphatic hydroxyl groups is 1. The first-order valence-corrected chi connectivity index (χ1v) is 48.5. The number of aliphatic hydroxyl groups excluding tert-OH is 1. The molecule has 0 aliphatic heterocycles. The number of carbonyl (C=O) groups excluding carboxylic acids is 4. The molecule has 0 aromatic carbocycles. The van der Waals surface area contributed by atoms with E-state index in [1.54, 1.807) is 0 Å². The summed E-state index contributed by atoms with van der Waals surface area (Å²) in [4.78, 5) is 73.3. The molecule has 0 rings (SSSR count). The van der Waals surface area contributed by atoms with E-state index in [0.717, 1.165) is 102 Å². The molecule has 0 amide bonds. The van der Waals surface area contributed by atoms with E-state index in [9.17, 15) is 43.2 Å². The van der Waals surface area contributed by atoms with Crippen LogP contribution >= 0.6 is 15.6 Å². The molecule has 0 radical (unpaired) electrons. The van der Waals surface area contributed by atoms with Gasteiger partial charge >= 0.3 is 39.5 Å². The smallest absolute Gasteiger partial charge is 0.462 e. The van der Waals surface area contributed by atoms with Gasteiger partial charge in [-0.2, -0.15) is 0 Å². The Balaban J connectivity index is 5.24. The highest BCUT2D eigenvalue weighted by Crippen LogP contribution is 2.45. The zero-order valence-corrected chi connectivity index (χ0v) is 72.2. The number of phosphoric acid groups is 2. The van der Waals surface area contributed by atoms with E-state index in [4.69, 9.17) is 37.0 Å². The molecule has 0 bridgehead atoms. The molecule has 0 saturated carbocycles. The number of unbranched alkanes of at least 4 members (excludes halogenated alkanes) is 57. The van der Waals surface area contributed by atoms with Crippen molar-refractivity contribution >= 4 is 39.5 Å². The molecule has 0 aliphatic carbocycles. The van der Waals surface area contributed by atoms with Crippen LogP contribution in [0.4, 0.5) is 0 Å². The fourth-order valence-corrected chi connectivity index (χ4v) is 15.4. The topological polar surface area (TPSA) is 237 Å². The minimum atomic E-state index is -4.97. The maximum atomic E-state index is 13.2. The Morgan fingerprint density at radius 1 is 0.252 bits per heavy atom. The summed E-state index contributed by atoms with van der Waals surface area (Å²) in [5, 5.41) is 10.7. The molecule has 0 aromatic heterocycles. The van der Waals surface area contributed by atoms with Crippen LogP contribution in [0.5, 0.6) is 0 Å². The van der Waals surface area contributed by atoms with Crippen molar-refractivity contribution in [3.05, 3.63) is 0 Å². The Hall–Kier alpha value is -1.94. The van der Waals surface area contributed by atoms with Gasteiger partial charge in [-0.1, -0.05) is 420 Å². The first-order valence-electron chi connectivity index (χ1n) is 45.5. The van der Waals surface area contributed by atoms with Gasteiger partial charge in [0.25, 0.3) is 0 Å². The zero-order valence-electron chi connectivity index (χ0n) is 70.5. The van der Waals surface area contributed by atoms with Crippen LogP contribution in [0.3, 0.4) is 0 Å². The second-order valence-corrected chi connectivity index (χ2v) is 35.5. The van der Waals surface area contributed by atoms with Gasteiger partial charge in [0.05, 0.1) is 26.4 Å². The average Bonchev–Trinajstić information content (AvgIpc) is 0.900. The van der Waals surface area contributed by atoms with Crippen molar-refractivity contribution in [1.82, 2.24) is 0 Å². The first-order chi connectivity index (χ1) is 51.9. The van der Waals surface area contributed by atoms with E-state index in [2.05, 4.69) is 41.5 Å². The van der Waals surface area contributed by atoms with Gasteiger partial charge in [-0.3, -0.25) is 37.3 Å². The monoisotopic (exact) mass is 1560 g/mol. The number of esters is 4. The third kappa shape index (κ3) is 81.9. The van der Waals surface area contributed by atoms with Crippen LogP contribution in [-0.2, 0) is 65.4 Å². The molecule has 0 saturated heterocycles. The van der Waals surface area contributed by atoms with Crippen LogP contribution in [0.25, 0.3) is 0 Å². The van der Waals surface area contributed by atoms with Gasteiger partial charge in [-0.25, -0.2) is 9.13 Å². The van der Waals surface area contributed by atoms with Gasteiger partial charge in [0.15, 0.2) is 12.2 Å². The lowest BCUT2D eigenvalue weighted by Crippen LogP contribution is -2.30. The number of rotatable bonds is 87. The van der Waals surface area contributed by atoms with Crippen molar-refractivity contribution in [2.45, 2.75) is 490 Å². The van der Waals surface area contributed by atoms with Gasteiger partial charge in [-0.15, -0.1) is 0 Å². The van der Waals surface area contributed by atoms with Gasteiger partial charge in [0.1, 0.15) is 19.3 Å². The second-order valence-electron chi connectivity index (χ2n) is 32.6. The lowest BCUT2D eigenvalue weighted by Gasteiger charge is -2.21. The van der Waals surface area contributed by atoms with Crippen molar-refractivity contribution in [3.8, 4) is 0 Å². The number of phosphoric ester groups is 2. The average molecular weight is 1560 g/mol. The number of hydrogen-bond acceptors (Lipinski definition) is 15. The second kappa shape index (κ2) is 79.3. The van der Waals surface area contributed by atoms with E-state index in [0.29, 0.717) is 25.7 Å². The number of carbonyl (C=O) groups is 4. The van der Waals surface area contributed by atoms with Crippen LogP contribution in [0.15, 0.2) is 0 Å². The van der Waals surface area contributed by atoms with Crippen LogP contribution in [0.2, 0.25) is 0 Å². The Morgan fingerprint density at radius 3 is 0.636 bits per heavy atom. The zero-order chi connectivity index (χ0) is 78.5. The molecule has 0 aliphatic rings. The highest BCUT2D eigenvalue weighted by atomic mass is 31.2. The van der Waals surface area contributed by atoms with E-state index in [-0.39, 0.29) is 25.7 Å². The van der Waals surface area contributed by atoms with Crippen molar-refractivity contribution in [2.24, 2.45) is 11.8 Å². The lowest BCUT2D eigenvalue weighted by atomic mass is 10.0. The van der Waals surface area contributed by atoms with Crippen molar-refractivity contribution in [3.63, 3.8) is 0 Å². The van der Waals surface area contributed by atoms with Crippen LogP contribution in [0.1, 0.15) is 472 Å². The largest absolute Gasteiger partial charge is 0.472 e. The molecule has 19 heteroatoms. The first kappa shape index (κ1) is 105. The molecule has 3 N–H and O–H groups in total. The summed E-state index contributed by atoms with van der Waals surface area (Å²) in [5.41, 5.74) is 0. The summed E-state index contributed by atoms with van der Waals surface area (Å²) in [6, 6.07) is 0. The van der Waals surface area contributed by atoms with E-state index in [1.165, 1.54) is 289 Å². The van der Waals surface area contributed by atoms with Gasteiger partial charge in [-0.05, 0) is 37.5 Å². The van der Waals surface area contributed by atoms with Crippen LogP contribution in [-0.4, -0.2) is 96.7 Å². The fourth-order valence-electron chi connectivity index (χ4n) is 13.8.